The SMILES string of the molecule is Fc1c(F)c(F)c([N-]C(C(F)(F)F)(C(F)(F)F)C(F)(F)F)c(F)c1F.[K+]. The summed E-state index contributed by atoms with van der Waals surface area (Å²) in [5.74, 6) is -16.0. The Kier molecular flexibility index (Phi) is 7.50. The van der Waals surface area contributed by atoms with Crippen molar-refractivity contribution in [3.05, 3.63) is 34.4 Å². The van der Waals surface area contributed by atoms with Crippen LogP contribution < -0.4 is 51.4 Å². The molecule has 26 heavy (non-hydrogen) atoms. The summed E-state index contributed by atoms with van der Waals surface area (Å²) in [5.41, 5.74) is -10.4. The minimum atomic E-state index is -7.39. The molecule has 0 aliphatic carbocycles. The molecule has 1 rings (SSSR count). The third-order valence-electron chi connectivity index (χ3n) is 2.70. The molecule has 1 aromatic rings. The maximum atomic E-state index is 13.2. The average molecular weight is 439 g/mol. The number of halogens is 14. The molecule has 0 fully saturated rings. The van der Waals surface area contributed by atoms with Gasteiger partial charge in [-0.1, -0.05) is 5.69 Å². The largest absolute Gasteiger partial charge is 1.00 e. The van der Waals surface area contributed by atoms with Gasteiger partial charge in [0.25, 0.3) is 0 Å². The van der Waals surface area contributed by atoms with E-state index in [1.165, 1.54) is 0 Å². The zero-order valence-corrected chi connectivity index (χ0v) is 14.9. The second-order valence-electron chi connectivity index (χ2n) is 4.23. The van der Waals surface area contributed by atoms with Gasteiger partial charge in [0, 0.05) is 0 Å². The first-order valence-electron chi connectivity index (χ1n) is 5.34. The predicted octanol–water partition coefficient (Wildman–Crippen LogP) is 2.82. The van der Waals surface area contributed by atoms with E-state index in [-0.39, 0.29) is 51.4 Å². The van der Waals surface area contributed by atoms with Gasteiger partial charge in [-0.25, -0.2) is 22.0 Å². The molecule has 0 spiro atoms. The molecule has 0 aliphatic rings. The van der Waals surface area contributed by atoms with Crippen LogP contribution in [0.1, 0.15) is 0 Å². The van der Waals surface area contributed by atoms with Gasteiger partial charge in [0.2, 0.25) is 0 Å². The number of rotatable bonds is 2. The van der Waals surface area contributed by atoms with E-state index in [1.54, 1.807) is 0 Å². The third kappa shape index (κ3) is 3.93. The normalized spacial score (nSPS) is 13.5. The predicted molar refractivity (Wildman–Crippen MR) is 50.1 cm³/mol. The van der Waals surface area contributed by atoms with Crippen LogP contribution >= 0.6 is 0 Å². The number of alkyl halides is 9. The van der Waals surface area contributed by atoms with Gasteiger partial charge < -0.3 is 5.32 Å². The summed E-state index contributed by atoms with van der Waals surface area (Å²) in [4.78, 5) is 0. The van der Waals surface area contributed by atoms with Crippen molar-refractivity contribution in [2.24, 2.45) is 0 Å². The Bertz CT molecular complexity index is 607. The number of nitrogens with zero attached hydrogens (tertiary/aromatic N) is 1. The Morgan fingerprint density at radius 2 is 0.692 bits per heavy atom. The van der Waals surface area contributed by atoms with Crippen molar-refractivity contribution in [3.8, 4) is 0 Å². The summed E-state index contributed by atoms with van der Waals surface area (Å²) in [6.45, 7) is 0. The minimum Gasteiger partial charge on any atom is -0.652 e. The van der Waals surface area contributed by atoms with Crippen molar-refractivity contribution in [3.63, 3.8) is 0 Å². The topological polar surface area (TPSA) is 14.1 Å². The second kappa shape index (κ2) is 7.60. The van der Waals surface area contributed by atoms with E-state index in [4.69, 9.17) is 0 Å². The van der Waals surface area contributed by atoms with Crippen LogP contribution in [0.15, 0.2) is 0 Å². The first-order chi connectivity index (χ1) is 10.9. The molecule has 1 aromatic carbocycles. The number of hydrogen-bond donors (Lipinski definition) is 0. The Hall–Kier alpha value is -0.324. The van der Waals surface area contributed by atoms with E-state index in [9.17, 15) is 61.5 Å². The van der Waals surface area contributed by atoms with Crippen LogP contribution in [0.4, 0.5) is 67.2 Å². The van der Waals surface area contributed by atoms with Crippen molar-refractivity contribution in [1.29, 1.82) is 0 Å². The molecule has 0 aromatic heterocycles. The summed E-state index contributed by atoms with van der Waals surface area (Å²) in [6.07, 6.45) is -22.2. The molecule has 0 saturated carbocycles. The van der Waals surface area contributed by atoms with Crippen LogP contribution in [-0.4, -0.2) is 24.1 Å². The van der Waals surface area contributed by atoms with Crippen LogP contribution in [0, 0.1) is 29.1 Å². The molecule has 0 heterocycles. The zero-order chi connectivity index (χ0) is 20.2. The fraction of sp³-hybridized carbons (Fsp3) is 0.400. The molecule has 0 radical (unpaired) electrons. The molecule has 0 unspecified atom stereocenters. The Balaban J connectivity index is 0.00000625. The smallest absolute Gasteiger partial charge is 0.652 e. The van der Waals surface area contributed by atoms with Gasteiger partial charge in [-0.3, -0.25) is 0 Å². The molecule has 144 valence electrons. The van der Waals surface area contributed by atoms with Gasteiger partial charge in [-0.15, -0.1) is 0 Å². The van der Waals surface area contributed by atoms with Gasteiger partial charge in [-0.05, 0) is 0 Å². The molecule has 0 amide bonds. The third-order valence-corrected chi connectivity index (χ3v) is 2.70. The van der Waals surface area contributed by atoms with Crippen LogP contribution in [-0.2, 0) is 0 Å². The summed E-state index contributed by atoms with van der Waals surface area (Å²) < 4.78 is 178. The van der Waals surface area contributed by atoms with E-state index >= 15 is 0 Å². The average Bonchev–Trinajstić information content (AvgIpc) is 2.38. The standard InChI is InChI=1S/C10F14N.K/c11-1-2(12)4(14)6(5(15)3(1)13)25-7(8(16,17)18,9(19,20)21)10(22,23)24;/q-1;+1. The zero-order valence-electron chi connectivity index (χ0n) is 11.7. The molecule has 0 aliphatic heterocycles. The minimum absolute atomic E-state index is 0. The molecule has 16 heteroatoms. The van der Waals surface area contributed by atoms with E-state index in [2.05, 4.69) is 0 Å². The Labute approximate surface area is 176 Å². The summed E-state index contributed by atoms with van der Waals surface area (Å²) >= 11 is 0. The first kappa shape index (κ1) is 25.7. The molecule has 0 saturated heterocycles. The Morgan fingerprint density at radius 1 is 0.462 bits per heavy atom. The van der Waals surface area contributed by atoms with Crippen molar-refractivity contribution in [1.82, 2.24) is 0 Å². The van der Waals surface area contributed by atoms with E-state index in [0.717, 1.165) is 5.32 Å². The Morgan fingerprint density at radius 3 is 0.923 bits per heavy atom. The molecule has 0 atom stereocenters. The van der Waals surface area contributed by atoms with Gasteiger partial charge in [-0.2, -0.15) is 39.5 Å². The van der Waals surface area contributed by atoms with Crippen molar-refractivity contribution in [2.75, 3.05) is 0 Å². The van der Waals surface area contributed by atoms with E-state index in [1.807, 2.05) is 0 Å². The van der Waals surface area contributed by atoms with Crippen LogP contribution in [0.2, 0.25) is 0 Å². The fourth-order valence-corrected chi connectivity index (χ4v) is 1.53. The molecule has 1 nitrogen and oxygen atoms in total. The monoisotopic (exact) mass is 439 g/mol. The van der Waals surface area contributed by atoms with Gasteiger partial charge in [0.05, 0.1) is 0 Å². The summed E-state index contributed by atoms with van der Waals surface area (Å²) in [5, 5.41) is 0.894. The summed E-state index contributed by atoms with van der Waals surface area (Å²) in [6, 6.07) is 0. The van der Waals surface area contributed by atoms with Gasteiger partial charge in [0.1, 0.15) is 11.6 Å². The van der Waals surface area contributed by atoms with Crippen LogP contribution in [0.25, 0.3) is 5.32 Å². The molecule has 0 N–H and O–H groups in total. The molecular weight excluding hydrogens is 439 g/mol. The van der Waals surface area contributed by atoms with Gasteiger partial charge in [0.15, 0.2) is 23.0 Å². The number of benzene rings is 1. The maximum absolute atomic E-state index is 13.2. The first-order valence-corrected chi connectivity index (χ1v) is 5.34. The van der Waals surface area contributed by atoms with E-state index in [0.29, 0.717) is 0 Å². The maximum Gasteiger partial charge on any atom is 1.00 e. The van der Waals surface area contributed by atoms with Crippen LogP contribution in [0.3, 0.4) is 0 Å². The van der Waals surface area contributed by atoms with Crippen molar-refractivity contribution in [2.45, 2.75) is 24.1 Å². The van der Waals surface area contributed by atoms with Crippen LogP contribution in [0.5, 0.6) is 0 Å². The van der Waals surface area contributed by atoms with Crippen molar-refractivity contribution >= 4 is 5.69 Å². The number of hydrogen-bond acceptors (Lipinski definition) is 0. The van der Waals surface area contributed by atoms with Crippen molar-refractivity contribution < 1.29 is 113 Å². The summed E-state index contributed by atoms with van der Waals surface area (Å²) in [7, 11) is 0. The quantitative estimate of drug-likeness (QED) is 0.292. The van der Waals surface area contributed by atoms with E-state index < -0.39 is 58.8 Å². The fourth-order valence-electron chi connectivity index (χ4n) is 1.53. The molecule has 0 bridgehead atoms. The van der Waals surface area contributed by atoms with Gasteiger partial charge >= 0.3 is 69.9 Å². The molecular formula is C10F14KN. The second-order valence-corrected chi connectivity index (χ2v) is 4.23.